The van der Waals surface area contributed by atoms with Gasteiger partial charge < -0.3 is 4.90 Å². The number of para-hydroxylation sites is 1. The number of hydrogen-bond acceptors (Lipinski definition) is 1. The molecule has 0 fully saturated rings. The summed E-state index contributed by atoms with van der Waals surface area (Å²) in [6.07, 6.45) is 17.6. The third kappa shape index (κ3) is 4.62. The van der Waals surface area contributed by atoms with Crippen LogP contribution in [0.5, 0.6) is 0 Å². The van der Waals surface area contributed by atoms with Gasteiger partial charge in [-0.15, -0.1) is 0 Å². The van der Waals surface area contributed by atoms with Crippen molar-refractivity contribution in [2.75, 3.05) is 4.90 Å². The summed E-state index contributed by atoms with van der Waals surface area (Å²) in [6, 6.07) is 64.1. The van der Waals surface area contributed by atoms with E-state index in [1.807, 2.05) is 0 Å². The van der Waals surface area contributed by atoms with Crippen molar-refractivity contribution in [2.45, 2.75) is 37.0 Å². The van der Waals surface area contributed by atoms with E-state index < -0.39 is 10.8 Å². The van der Waals surface area contributed by atoms with Gasteiger partial charge >= 0.3 is 0 Å². The standard InChI is InChI=1S/C58H43N/c1-39-18-16-21-43(38-39)59(41-19-4-2-5-20-41)42-36-34-40(35-37-42)44-26-17-33-55-56(44)58(51-29-12-9-24-47(51)48-25-10-13-30-52(48)58)54-32-15-14-31-53(54)57(55)49-27-7-3-6-22-45(49)46-23-8-11-28-50(46)57/h2,4-9,11-12,14-38H,3,10,13H2,1H3. The fourth-order valence-electron chi connectivity index (χ4n) is 11.5. The summed E-state index contributed by atoms with van der Waals surface area (Å²) >= 11 is 0. The zero-order valence-electron chi connectivity index (χ0n) is 33.2. The average Bonchev–Trinajstić information content (AvgIpc) is 3.58. The highest BCUT2D eigenvalue weighted by molar-refractivity contribution is 6.01. The molecule has 280 valence electrons. The molecular weight excluding hydrogens is 711 g/mol. The van der Waals surface area contributed by atoms with Crippen molar-refractivity contribution in [2.24, 2.45) is 0 Å². The molecule has 0 bridgehead atoms. The van der Waals surface area contributed by atoms with Gasteiger partial charge in [0.1, 0.15) is 0 Å². The summed E-state index contributed by atoms with van der Waals surface area (Å²) < 4.78 is 0. The van der Waals surface area contributed by atoms with Gasteiger partial charge in [-0.25, -0.2) is 0 Å². The summed E-state index contributed by atoms with van der Waals surface area (Å²) in [5.74, 6) is 0. The minimum atomic E-state index is -0.504. The maximum absolute atomic E-state index is 2.58. The molecule has 2 unspecified atom stereocenters. The van der Waals surface area contributed by atoms with Crippen molar-refractivity contribution in [1.82, 2.24) is 0 Å². The third-order valence-electron chi connectivity index (χ3n) is 13.6. The second-order valence-corrected chi connectivity index (χ2v) is 16.6. The number of rotatable bonds is 4. The predicted molar refractivity (Wildman–Crippen MR) is 245 cm³/mol. The van der Waals surface area contributed by atoms with E-state index in [4.69, 9.17) is 0 Å². The second-order valence-electron chi connectivity index (χ2n) is 16.6. The number of benzene rings is 7. The van der Waals surface area contributed by atoms with Crippen molar-refractivity contribution in [3.05, 3.63) is 268 Å². The van der Waals surface area contributed by atoms with E-state index in [1.54, 1.807) is 0 Å². The largest absolute Gasteiger partial charge is 0.310 e. The minimum absolute atomic E-state index is 0.504. The highest BCUT2D eigenvalue weighted by atomic mass is 15.1. The molecule has 12 rings (SSSR count). The SMILES string of the molecule is Cc1cccc(N(c2ccccc2)c2ccc(-c3cccc4c3C3(C5=CCCC=C5c5ccccc53)c3ccccc3C43C4=C(C=CCC=C4)c4ccccc43)cc2)c1. The molecule has 0 saturated carbocycles. The monoisotopic (exact) mass is 753 g/mol. The molecule has 5 aliphatic carbocycles. The zero-order chi connectivity index (χ0) is 39.1. The number of nitrogens with zero attached hydrogens (tertiary/aromatic N) is 1. The number of aryl methyl sites for hydroxylation is 1. The number of hydrogen-bond donors (Lipinski definition) is 0. The molecule has 59 heavy (non-hydrogen) atoms. The Hall–Kier alpha value is -6.96. The van der Waals surface area contributed by atoms with Crippen LogP contribution < -0.4 is 4.90 Å². The minimum Gasteiger partial charge on any atom is -0.310 e. The molecule has 0 saturated heterocycles. The van der Waals surface area contributed by atoms with E-state index in [-0.39, 0.29) is 0 Å². The summed E-state index contributed by atoms with van der Waals surface area (Å²) in [6.45, 7) is 2.17. The first kappa shape index (κ1) is 34.1. The summed E-state index contributed by atoms with van der Waals surface area (Å²) in [5, 5.41) is 0. The van der Waals surface area contributed by atoms with Gasteiger partial charge in [-0.1, -0.05) is 170 Å². The van der Waals surface area contributed by atoms with Gasteiger partial charge in [-0.2, -0.15) is 0 Å². The van der Waals surface area contributed by atoms with Crippen molar-refractivity contribution < 1.29 is 0 Å². The van der Waals surface area contributed by atoms with Crippen LogP contribution in [0, 0.1) is 6.92 Å². The van der Waals surface area contributed by atoms with Crippen molar-refractivity contribution in [3.63, 3.8) is 0 Å². The molecule has 0 heterocycles. The number of allylic oxidation sites excluding steroid dienone is 10. The Labute approximate surface area is 347 Å². The Morgan fingerprint density at radius 1 is 0.458 bits per heavy atom. The first-order valence-corrected chi connectivity index (χ1v) is 21.2. The van der Waals surface area contributed by atoms with Crippen LogP contribution in [-0.4, -0.2) is 0 Å². The van der Waals surface area contributed by atoms with Crippen molar-refractivity contribution in [1.29, 1.82) is 0 Å². The summed E-state index contributed by atoms with van der Waals surface area (Å²) in [5.41, 5.74) is 22.7. The molecule has 0 amide bonds. The Bertz CT molecular complexity index is 3020. The zero-order valence-corrected chi connectivity index (χ0v) is 33.2. The van der Waals surface area contributed by atoms with Gasteiger partial charge in [0.15, 0.2) is 0 Å². The molecule has 0 N–H and O–H groups in total. The molecule has 2 atom stereocenters. The molecule has 7 aromatic rings. The maximum Gasteiger partial charge on any atom is 0.0722 e. The van der Waals surface area contributed by atoms with Crippen LogP contribution in [0.3, 0.4) is 0 Å². The number of anilines is 3. The van der Waals surface area contributed by atoms with Crippen molar-refractivity contribution >= 4 is 28.2 Å². The molecule has 1 nitrogen and oxygen atoms in total. The molecule has 1 heteroatoms. The maximum atomic E-state index is 2.58. The van der Waals surface area contributed by atoms with Crippen LogP contribution in [0.15, 0.2) is 217 Å². The van der Waals surface area contributed by atoms with Gasteiger partial charge in [-0.3, -0.25) is 0 Å². The van der Waals surface area contributed by atoms with Crippen LogP contribution in [0.1, 0.15) is 69.3 Å². The second kappa shape index (κ2) is 13.0. The van der Waals surface area contributed by atoms with Crippen LogP contribution >= 0.6 is 0 Å². The quantitative estimate of drug-likeness (QED) is 0.173. The number of fused-ring (bicyclic) bond motifs is 15. The molecule has 7 aromatic carbocycles. The normalized spacial score (nSPS) is 20.2. The molecule has 5 aliphatic rings. The third-order valence-corrected chi connectivity index (χ3v) is 13.6. The van der Waals surface area contributed by atoms with Crippen LogP contribution in [0.2, 0.25) is 0 Å². The molecule has 0 aromatic heterocycles. The Morgan fingerprint density at radius 2 is 1.05 bits per heavy atom. The van der Waals surface area contributed by atoms with Gasteiger partial charge in [0.25, 0.3) is 0 Å². The average molecular weight is 754 g/mol. The lowest BCUT2D eigenvalue weighted by Crippen LogP contribution is -2.44. The molecular formula is C58H43N. The van der Waals surface area contributed by atoms with Crippen LogP contribution in [-0.2, 0) is 10.8 Å². The van der Waals surface area contributed by atoms with Gasteiger partial charge in [0.05, 0.1) is 10.8 Å². The lowest BCUT2D eigenvalue weighted by Gasteiger charge is -2.50. The highest BCUT2D eigenvalue weighted by Crippen LogP contribution is 2.69. The first-order valence-electron chi connectivity index (χ1n) is 21.2. The molecule has 0 radical (unpaired) electrons. The topological polar surface area (TPSA) is 3.24 Å². The molecule has 0 aliphatic heterocycles. The highest BCUT2D eigenvalue weighted by Gasteiger charge is 2.60. The Kier molecular flexibility index (Phi) is 7.53. The smallest absolute Gasteiger partial charge is 0.0722 e. The van der Waals surface area contributed by atoms with E-state index in [0.717, 1.165) is 36.3 Å². The van der Waals surface area contributed by atoms with E-state index in [1.165, 1.54) is 83.5 Å². The first-order chi connectivity index (χ1) is 29.2. The fourth-order valence-corrected chi connectivity index (χ4v) is 11.5. The van der Waals surface area contributed by atoms with Crippen LogP contribution in [0.4, 0.5) is 17.1 Å². The van der Waals surface area contributed by atoms with Gasteiger partial charge in [0.2, 0.25) is 0 Å². The fraction of sp³-hybridized carbons (Fsp3) is 0.103. The lowest BCUT2D eigenvalue weighted by atomic mass is 9.51. The van der Waals surface area contributed by atoms with E-state index >= 15 is 0 Å². The van der Waals surface area contributed by atoms with Crippen molar-refractivity contribution in [3.8, 4) is 11.1 Å². The predicted octanol–water partition coefficient (Wildman–Crippen LogP) is 14.5. The van der Waals surface area contributed by atoms with Gasteiger partial charge in [-0.05, 0) is 146 Å². The lowest BCUT2D eigenvalue weighted by molar-refractivity contribution is 0.629. The van der Waals surface area contributed by atoms with Gasteiger partial charge in [0, 0.05) is 17.1 Å². The Morgan fingerprint density at radius 3 is 1.85 bits per heavy atom. The summed E-state index contributed by atoms with van der Waals surface area (Å²) in [7, 11) is 0. The molecule has 2 spiro atoms. The van der Waals surface area contributed by atoms with E-state index in [0.29, 0.717) is 0 Å². The van der Waals surface area contributed by atoms with E-state index in [9.17, 15) is 0 Å². The van der Waals surface area contributed by atoms with Crippen LogP contribution in [0.25, 0.3) is 22.3 Å². The Balaban J connectivity index is 1.18. The summed E-state index contributed by atoms with van der Waals surface area (Å²) in [4.78, 5) is 2.37. The van der Waals surface area contributed by atoms with E-state index in [2.05, 4.69) is 218 Å².